The van der Waals surface area contributed by atoms with E-state index in [0.717, 1.165) is 25.1 Å². The summed E-state index contributed by atoms with van der Waals surface area (Å²) in [6.45, 7) is 3.22. The van der Waals surface area contributed by atoms with Crippen LogP contribution >= 0.6 is 11.6 Å². The first-order valence-electron chi connectivity index (χ1n) is 7.54. The fraction of sp³-hybridized carbons (Fsp3) is 0.562. The van der Waals surface area contributed by atoms with E-state index in [-0.39, 0.29) is 24.4 Å². The van der Waals surface area contributed by atoms with E-state index in [9.17, 15) is 9.18 Å². The first kappa shape index (κ1) is 15.7. The molecule has 1 amide bonds. The lowest BCUT2D eigenvalue weighted by atomic mass is 9.91. The van der Waals surface area contributed by atoms with Crippen molar-refractivity contribution in [3.8, 4) is 0 Å². The van der Waals surface area contributed by atoms with Gasteiger partial charge in [0.25, 0.3) is 0 Å². The van der Waals surface area contributed by atoms with Gasteiger partial charge in [-0.3, -0.25) is 9.69 Å². The number of hydrogen-bond acceptors (Lipinski definition) is 3. The summed E-state index contributed by atoms with van der Waals surface area (Å²) < 4.78 is 18.6. The molecule has 0 spiro atoms. The van der Waals surface area contributed by atoms with Crippen molar-refractivity contribution in [2.75, 3.05) is 33.4 Å². The number of piperidine rings is 1. The van der Waals surface area contributed by atoms with E-state index in [1.807, 2.05) is 11.9 Å². The maximum Gasteiger partial charge on any atom is 0.248 e. The van der Waals surface area contributed by atoms with E-state index in [1.54, 1.807) is 6.07 Å². The van der Waals surface area contributed by atoms with Gasteiger partial charge in [0.05, 0.1) is 6.61 Å². The Kier molecular flexibility index (Phi) is 4.66. The number of likely N-dealkylation sites (tertiary alicyclic amines) is 1. The fourth-order valence-electron chi connectivity index (χ4n) is 3.30. The van der Waals surface area contributed by atoms with E-state index < -0.39 is 0 Å². The Morgan fingerprint density at radius 2 is 2.27 bits per heavy atom. The van der Waals surface area contributed by atoms with Crippen molar-refractivity contribution in [2.45, 2.75) is 19.0 Å². The summed E-state index contributed by atoms with van der Waals surface area (Å²) in [6, 6.07) is 4.68. The van der Waals surface area contributed by atoms with Crippen molar-refractivity contribution in [1.29, 1.82) is 0 Å². The Bertz CT molecular complexity index is 569. The lowest BCUT2D eigenvalue weighted by Gasteiger charge is -2.41. The van der Waals surface area contributed by atoms with Crippen LogP contribution in [0.3, 0.4) is 0 Å². The van der Waals surface area contributed by atoms with Gasteiger partial charge in [0.15, 0.2) is 0 Å². The number of fused-ring (bicyclic) bond motifs is 1. The Morgan fingerprint density at radius 1 is 1.45 bits per heavy atom. The first-order chi connectivity index (χ1) is 10.5. The maximum absolute atomic E-state index is 13.1. The number of hydrogen-bond donors (Lipinski definition) is 0. The number of likely N-dealkylation sites (N-methyl/N-ethyl adjacent to an activating group) is 1. The van der Waals surface area contributed by atoms with Crippen molar-refractivity contribution in [3.05, 3.63) is 34.6 Å². The second-order valence-electron chi connectivity index (χ2n) is 6.11. The molecule has 0 aliphatic carbocycles. The van der Waals surface area contributed by atoms with Crippen LogP contribution in [-0.4, -0.2) is 55.1 Å². The molecule has 4 nitrogen and oxygen atoms in total. The zero-order valence-corrected chi connectivity index (χ0v) is 13.4. The third-order valence-electron chi connectivity index (χ3n) is 4.66. The molecule has 0 unspecified atom stereocenters. The minimum Gasteiger partial charge on any atom is -0.371 e. The Hall–Kier alpha value is -1.17. The summed E-state index contributed by atoms with van der Waals surface area (Å²) >= 11 is 6.11. The molecule has 2 aliphatic rings. The highest BCUT2D eigenvalue weighted by molar-refractivity contribution is 6.31. The summed E-state index contributed by atoms with van der Waals surface area (Å²) in [5.41, 5.74) is 0.917. The SMILES string of the molecule is CN1C(=O)COC[C@@H]2CCN(Cc3ccc(F)cc3Cl)C[C@@H]21. The second-order valence-corrected chi connectivity index (χ2v) is 6.51. The van der Waals surface area contributed by atoms with Gasteiger partial charge in [0.2, 0.25) is 5.91 Å². The minimum atomic E-state index is -0.321. The largest absolute Gasteiger partial charge is 0.371 e. The van der Waals surface area contributed by atoms with E-state index in [2.05, 4.69) is 4.90 Å². The van der Waals surface area contributed by atoms with E-state index in [4.69, 9.17) is 16.3 Å². The van der Waals surface area contributed by atoms with Crippen molar-refractivity contribution < 1.29 is 13.9 Å². The predicted octanol–water partition coefficient (Wildman–Crippen LogP) is 2.16. The number of halogens is 2. The van der Waals surface area contributed by atoms with Crippen LogP contribution in [0.5, 0.6) is 0 Å². The topological polar surface area (TPSA) is 32.8 Å². The third-order valence-corrected chi connectivity index (χ3v) is 5.01. The lowest BCUT2D eigenvalue weighted by molar-refractivity contribution is -0.134. The van der Waals surface area contributed by atoms with Crippen molar-refractivity contribution >= 4 is 17.5 Å². The van der Waals surface area contributed by atoms with Gasteiger partial charge in [-0.25, -0.2) is 4.39 Å². The molecule has 2 atom stereocenters. The zero-order chi connectivity index (χ0) is 15.7. The van der Waals surface area contributed by atoms with Gasteiger partial charge in [-0.2, -0.15) is 0 Å². The molecule has 1 aromatic rings. The summed E-state index contributed by atoms with van der Waals surface area (Å²) in [6.07, 6.45) is 0.987. The molecule has 0 bridgehead atoms. The van der Waals surface area contributed by atoms with Crippen LogP contribution in [0.25, 0.3) is 0 Å². The number of carbonyl (C=O) groups excluding carboxylic acids is 1. The monoisotopic (exact) mass is 326 g/mol. The number of amides is 1. The zero-order valence-electron chi connectivity index (χ0n) is 12.6. The standard InChI is InChI=1S/C16H20ClFN2O2/c1-19-15-8-20(5-4-12(15)9-22-10-16(19)21)7-11-2-3-13(18)6-14(11)17/h2-3,6,12,15H,4-5,7-10H2,1H3/t12-,15-/m0/s1. The molecule has 0 radical (unpaired) electrons. The van der Waals surface area contributed by atoms with Crippen LogP contribution in [0.2, 0.25) is 5.02 Å². The summed E-state index contributed by atoms with van der Waals surface area (Å²) in [4.78, 5) is 16.0. The highest BCUT2D eigenvalue weighted by atomic mass is 35.5. The average Bonchev–Trinajstić information content (AvgIpc) is 2.63. The van der Waals surface area contributed by atoms with Gasteiger partial charge < -0.3 is 9.64 Å². The Balaban J connectivity index is 1.70. The Morgan fingerprint density at radius 3 is 3.05 bits per heavy atom. The van der Waals surface area contributed by atoms with Crippen molar-refractivity contribution in [2.24, 2.45) is 5.92 Å². The van der Waals surface area contributed by atoms with Crippen LogP contribution in [-0.2, 0) is 16.1 Å². The number of ether oxygens (including phenoxy) is 1. The summed E-state index contributed by atoms with van der Waals surface area (Å²) in [7, 11) is 1.85. The average molecular weight is 327 g/mol. The quantitative estimate of drug-likeness (QED) is 0.835. The highest BCUT2D eigenvalue weighted by Gasteiger charge is 2.36. The van der Waals surface area contributed by atoms with Crippen molar-refractivity contribution in [1.82, 2.24) is 9.80 Å². The van der Waals surface area contributed by atoms with Crippen LogP contribution < -0.4 is 0 Å². The molecular formula is C16H20ClFN2O2. The molecule has 0 aromatic heterocycles. The van der Waals surface area contributed by atoms with E-state index in [0.29, 0.717) is 24.1 Å². The van der Waals surface area contributed by atoms with Gasteiger partial charge in [-0.1, -0.05) is 17.7 Å². The van der Waals surface area contributed by atoms with Gasteiger partial charge in [0, 0.05) is 37.1 Å². The van der Waals surface area contributed by atoms with Crippen LogP contribution in [0.1, 0.15) is 12.0 Å². The first-order valence-corrected chi connectivity index (χ1v) is 7.92. The van der Waals surface area contributed by atoms with Crippen LogP contribution in [0.15, 0.2) is 18.2 Å². The normalized spacial score (nSPS) is 26.7. The fourth-order valence-corrected chi connectivity index (χ4v) is 3.52. The van der Waals surface area contributed by atoms with Crippen LogP contribution in [0, 0.1) is 11.7 Å². The predicted molar refractivity (Wildman–Crippen MR) is 82.2 cm³/mol. The van der Waals surface area contributed by atoms with Gasteiger partial charge in [0.1, 0.15) is 12.4 Å². The van der Waals surface area contributed by atoms with Gasteiger partial charge in [-0.15, -0.1) is 0 Å². The molecule has 3 rings (SSSR count). The second kappa shape index (κ2) is 6.52. The molecule has 1 aromatic carbocycles. The number of benzene rings is 1. The molecule has 0 saturated carbocycles. The third kappa shape index (κ3) is 3.26. The van der Waals surface area contributed by atoms with Gasteiger partial charge in [-0.05, 0) is 30.7 Å². The summed E-state index contributed by atoms with van der Waals surface area (Å²) in [5, 5.41) is 0.454. The Labute approximate surface area is 134 Å². The maximum atomic E-state index is 13.1. The minimum absolute atomic E-state index is 0.0363. The molecule has 120 valence electrons. The summed E-state index contributed by atoms with van der Waals surface area (Å²) in [5.74, 6) is 0.101. The molecular weight excluding hydrogens is 307 g/mol. The van der Waals surface area contributed by atoms with Crippen LogP contribution in [0.4, 0.5) is 4.39 Å². The van der Waals surface area contributed by atoms with Gasteiger partial charge >= 0.3 is 0 Å². The number of carbonyl (C=O) groups is 1. The number of rotatable bonds is 2. The molecule has 22 heavy (non-hydrogen) atoms. The molecule has 6 heteroatoms. The van der Waals surface area contributed by atoms with E-state index in [1.165, 1.54) is 12.1 Å². The van der Waals surface area contributed by atoms with E-state index >= 15 is 0 Å². The smallest absolute Gasteiger partial charge is 0.248 e. The molecule has 0 N–H and O–H groups in total. The van der Waals surface area contributed by atoms with Crippen molar-refractivity contribution in [3.63, 3.8) is 0 Å². The highest BCUT2D eigenvalue weighted by Crippen LogP contribution is 2.27. The molecule has 2 heterocycles. The number of nitrogens with zero attached hydrogens (tertiary/aromatic N) is 2. The molecule has 2 aliphatic heterocycles. The molecule has 2 saturated heterocycles. The molecule has 2 fully saturated rings. The lowest BCUT2D eigenvalue weighted by Crippen LogP contribution is -2.52.